The monoisotopic (exact) mass is 257 g/mol. The fourth-order valence-electron chi connectivity index (χ4n) is 2.12. The van der Waals surface area contributed by atoms with Gasteiger partial charge < -0.3 is 20.2 Å². The number of amides is 2. The van der Waals surface area contributed by atoms with E-state index in [0.29, 0.717) is 26.1 Å². The standard InChI is InChI=1S/C12H23N3O3/c1-3-14(4-2)8-6-13-12(18)15-7-5-10(9-15)11(16)17/h10H,3-9H2,1-2H3,(H,13,18)(H,16,17). The van der Waals surface area contributed by atoms with E-state index in [1.54, 1.807) is 4.90 Å². The minimum Gasteiger partial charge on any atom is -0.481 e. The van der Waals surface area contributed by atoms with E-state index >= 15 is 0 Å². The molecule has 104 valence electrons. The van der Waals surface area contributed by atoms with Gasteiger partial charge in [-0.05, 0) is 19.5 Å². The quantitative estimate of drug-likeness (QED) is 0.724. The highest BCUT2D eigenvalue weighted by Crippen LogP contribution is 2.15. The number of nitrogens with one attached hydrogen (secondary N) is 1. The normalized spacial score (nSPS) is 19.3. The minimum absolute atomic E-state index is 0.147. The fraction of sp³-hybridized carbons (Fsp3) is 0.833. The molecule has 0 saturated carbocycles. The smallest absolute Gasteiger partial charge is 0.317 e. The molecule has 0 radical (unpaired) electrons. The van der Waals surface area contributed by atoms with E-state index in [4.69, 9.17) is 5.11 Å². The van der Waals surface area contributed by atoms with Crippen molar-refractivity contribution in [3.63, 3.8) is 0 Å². The average molecular weight is 257 g/mol. The lowest BCUT2D eigenvalue weighted by Crippen LogP contribution is -2.42. The zero-order chi connectivity index (χ0) is 13.5. The Hall–Kier alpha value is -1.30. The van der Waals surface area contributed by atoms with Crippen LogP contribution in [0.25, 0.3) is 0 Å². The highest BCUT2D eigenvalue weighted by atomic mass is 16.4. The third-order valence-corrected chi connectivity index (χ3v) is 3.42. The minimum atomic E-state index is -0.812. The maximum atomic E-state index is 11.8. The molecular formula is C12H23N3O3. The van der Waals surface area contributed by atoms with Crippen LogP contribution in [0.15, 0.2) is 0 Å². The van der Waals surface area contributed by atoms with E-state index in [1.165, 1.54) is 0 Å². The molecular weight excluding hydrogens is 234 g/mol. The van der Waals surface area contributed by atoms with Crippen molar-refractivity contribution in [1.29, 1.82) is 0 Å². The van der Waals surface area contributed by atoms with E-state index in [0.717, 1.165) is 19.6 Å². The second-order valence-corrected chi connectivity index (χ2v) is 4.53. The molecule has 0 aromatic rings. The highest BCUT2D eigenvalue weighted by molar-refractivity contribution is 5.77. The number of aliphatic carboxylic acids is 1. The lowest BCUT2D eigenvalue weighted by atomic mass is 10.1. The van der Waals surface area contributed by atoms with Crippen LogP contribution in [0.2, 0.25) is 0 Å². The summed E-state index contributed by atoms with van der Waals surface area (Å²) in [5, 5.41) is 11.7. The number of likely N-dealkylation sites (N-methyl/N-ethyl adjacent to an activating group) is 1. The Bertz CT molecular complexity index is 292. The van der Waals surface area contributed by atoms with Crippen LogP contribution in [0.3, 0.4) is 0 Å². The van der Waals surface area contributed by atoms with E-state index in [2.05, 4.69) is 24.1 Å². The van der Waals surface area contributed by atoms with Crippen molar-refractivity contribution >= 4 is 12.0 Å². The largest absolute Gasteiger partial charge is 0.481 e. The molecule has 1 saturated heterocycles. The molecule has 0 aliphatic carbocycles. The summed E-state index contributed by atoms with van der Waals surface area (Å²) in [5.74, 6) is -1.22. The molecule has 6 heteroatoms. The lowest BCUT2D eigenvalue weighted by molar-refractivity contribution is -0.141. The molecule has 0 aromatic heterocycles. The molecule has 0 bridgehead atoms. The van der Waals surface area contributed by atoms with Crippen molar-refractivity contribution in [3.8, 4) is 0 Å². The summed E-state index contributed by atoms with van der Waals surface area (Å²) < 4.78 is 0. The SMILES string of the molecule is CCN(CC)CCNC(=O)N1CCC(C(=O)O)C1. The summed E-state index contributed by atoms with van der Waals surface area (Å²) in [6.07, 6.45) is 0.554. The number of hydrogen-bond acceptors (Lipinski definition) is 3. The maximum absolute atomic E-state index is 11.8. The van der Waals surface area contributed by atoms with Gasteiger partial charge in [0.25, 0.3) is 0 Å². The van der Waals surface area contributed by atoms with Gasteiger partial charge in [0, 0.05) is 26.2 Å². The van der Waals surface area contributed by atoms with Crippen LogP contribution in [0, 0.1) is 5.92 Å². The van der Waals surface area contributed by atoms with Crippen molar-refractivity contribution < 1.29 is 14.7 Å². The number of carbonyl (C=O) groups is 2. The molecule has 6 nitrogen and oxygen atoms in total. The van der Waals surface area contributed by atoms with Gasteiger partial charge in [0.15, 0.2) is 0 Å². The van der Waals surface area contributed by atoms with Crippen LogP contribution in [0.1, 0.15) is 20.3 Å². The van der Waals surface area contributed by atoms with Crippen molar-refractivity contribution in [3.05, 3.63) is 0 Å². The number of likely N-dealkylation sites (tertiary alicyclic amines) is 1. The maximum Gasteiger partial charge on any atom is 0.317 e. The molecule has 1 heterocycles. The van der Waals surface area contributed by atoms with Crippen LogP contribution in [-0.2, 0) is 4.79 Å². The van der Waals surface area contributed by atoms with Crippen molar-refractivity contribution in [2.45, 2.75) is 20.3 Å². The Morgan fingerprint density at radius 1 is 1.39 bits per heavy atom. The summed E-state index contributed by atoms with van der Waals surface area (Å²) in [7, 11) is 0. The zero-order valence-electron chi connectivity index (χ0n) is 11.2. The van der Waals surface area contributed by atoms with Gasteiger partial charge in [-0.15, -0.1) is 0 Å². The van der Waals surface area contributed by atoms with Gasteiger partial charge in [0.1, 0.15) is 0 Å². The highest BCUT2D eigenvalue weighted by Gasteiger charge is 2.30. The first-order valence-corrected chi connectivity index (χ1v) is 6.56. The first kappa shape index (κ1) is 14.8. The van der Waals surface area contributed by atoms with Crippen LogP contribution in [-0.4, -0.2) is 66.2 Å². The first-order chi connectivity index (χ1) is 8.58. The Balaban J connectivity index is 2.24. The third-order valence-electron chi connectivity index (χ3n) is 3.42. The van der Waals surface area contributed by atoms with Crippen LogP contribution < -0.4 is 5.32 Å². The number of carbonyl (C=O) groups excluding carboxylic acids is 1. The van der Waals surface area contributed by atoms with Crippen molar-refractivity contribution in [2.75, 3.05) is 39.3 Å². The molecule has 1 aliphatic rings. The number of nitrogens with zero attached hydrogens (tertiary/aromatic N) is 2. The number of hydrogen-bond donors (Lipinski definition) is 2. The van der Waals surface area contributed by atoms with Gasteiger partial charge in [-0.3, -0.25) is 4.79 Å². The topological polar surface area (TPSA) is 72.9 Å². The van der Waals surface area contributed by atoms with Gasteiger partial charge in [0.2, 0.25) is 0 Å². The summed E-state index contributed by atoms with van der Waals surface area (Å²) in [6.45, 7) is 8.41. The molecule has 1 unspecified atom stereocenters. The van der Waals surface area contributed by atoms with E-state index < -0.39 is 11.9 Å². The van der Waals surface area contributed by atoms with E-state index in [-0.39, 0.29) is 6.03 Å². The molecule has 1 aliphatic heterocycles. The molecule has 2 amide bonds. The summed E-state index contributed by atoms with van der Waals surface area (Å²) >= 11 is 0. The molecule has 1 rings (SSSR count). The van der Waals surface area contributed by atoms with Crippen LogP contribution in [0.5, 0.6) is 0 Å². The summed E-state index contributed by atoms with van der Waals surface area (Å²) in [5.41, 5.74) is 0. The second-order valence-electron chi connectivity index (χ2n) is 4.53. The lowest BCUT2D eigenvalue weighted by Gasteiger charge is -2.20. The van der Waals surface area contributed by atoms with Gasteiger partial charge in [0.05, 0.1) is 5.92 Å². The van der Waals surface area contributed by atoms with E-state index in [9.17, 15) is 9.59 Å². The second kappa shape index (κ2) is 7.20. The van der Waals surface area contributed by atoms with E-state index in [1.807, 2.05) is 0 Å². The Kier molecular flexibility index (Phi) is 5.91. The van der Waals surface area contributed by atoms with Crippen molar-refractivity contribution in [1.82, 2.24) is 15.1 Å². The average Bonchev–Trinajstić information content (AvgIpc) is 2.84. The first-order valence-electron chi connectivity index (χ1n) is 6.56. The summed E-state index contributed by atoms with van der Waals surface area (Å²) in [6, 6.07) is -0.147. The summed E-state index contributed by atoms with van der Waals surface area (Å²) in [4.78, 5) is 26.4. The zero-order valence-corrected chi connectivity index (χ0v) is 11.2. The molecule has 0 aromatic carbocycles. The molecule has 2 N–H and O–H groups in total. The van der Waals surface area contributed by atoms with Gasteiger partial charge in [-0.2, -0.15) is 0 Å². The molecule has 18 heavy (non-hydrogen) atoms. The fourth-order valence-corrected chi connectivity index (χ4v) is 2.12. The number of carboxylic acid groups (broad SMARTS) is 1. The predicted molar refractivity (Wildman–Crippen MR) is 68.5 cm³/mol. The van der Waals surface area contributed by atoms with Gasteiger partial charge in [-0.25, -0.2) is 4.79 Å². The number of rotatable bonds is 6. The van der Waals surface area contributed by atoms with Gasteiger partial charge in [-0.1, -0.05) is 13.8 Å². The Morgan fingerprint density at radius 2 is 2.06 bits per heavy atom. The molecule has 0 spiro atoms. The third kappa shape index (κ3) is 4.18. The Morgan fingerprint density at radius 3 is 2.56 bits per heavy atom. The predicted octanol–water partition coefficient (Wildman–Crippen LogP) is 0.444. The van der Waals surface area contributed by atoms with Crippen molar-refractivity contribution in [2.24, 2.45) is 5.92 Å². The van der Waals surface area contributed by atoms with Crippen LogP contribution >= 0.6 is 0 Å². The Labute approximate surface area is 108 Å². The number of urea groups is 1. The van der Waals surface area contributed by atoms with Gasteiger partial charge >= 0.3 is 12.0 Å². The van der Waals surface area contributed by atoms with Crippen LogP contribution in [0.4, 0.5) is 4.79 Å². The molecule has 1 fully saturated rings. The molecule has 1 atom stereocenters. The number of carboxylic acids is 1.